The first-order valence-electron chi connectivity index (χ1n) is 11.2. The van der Waals surface area contributed by atoms with E-state index < -0.39 is 35.6 Å². The number of aryl methyl sites for hydroxylation is 1. The second-order valence-electron chi connectivity index (χ2n) is 8.18. The monoisotopic (exact) mass is 567 g/mol. The standard InChI is InChI=1S/C25H21N5O7S2/c1-17-15-20(11-14-25(17)31)28-27-19-9-7-18(8-10-19)26-23-13-12-22(16-24(23)30(32)33)39(36,37)29-38(34,35)21-5-3-2-4-6-21/h2-16,26,29,31H,1H3. The molecule has 12 nitrogen and oxygen atoms in total. The first-order chi connectivity index (χ1) is 18.4. The fraction of sp³-hybridized carbons (Fsp3) is 0.0400. The lowest BCUT2D eigenvalue weighted by Crippen LogP contribution is -2.30. The Kier molecular flexibility index (Phi) is 7.71. The molecule has 0 amide bonds. The highest BCUT2D eigenvalue weighted by atomic mass is 32.3. The molecule has 4 aromatic carbocycles. The highest BCUT2D eigenvalue weighted by Crippen LogP contribution is 2.31. The van der Waals surface area contributed by atoms with Crippen molar-refractivity contribution in [2.24, 2.45) is 10.2 Å². The third-order valence-electron chi connectivity index (χ3n) is 5.36. The van der Waals surface area contributed by atoms with Gasteiger partial charge >= 0.3 is 0 Å². The number of nitro benzene ring substituents is 1. The molecule has 0 atom stereocenters. The van der Waals surface area contributed by atoms with Gasteiger partial charge < -0.3 is 10.4 Å². The van der Waals surface area contributed by atoms with Crippen LogP contribution in [0.15, 0.2) is 111 Å². The maximum Gasteiger partial charge on any atom is 0.294 e. The number of nitro groups is 1. The molecule has 14 heteroatoms. The second-order valence-corrected chi connectivity index (χ2v) is 11.8. The fourth-order valence-corrected chi connectivity index (χ4v) is 6.31. The van der Waals surface area contributed by atoms with E-state index >= 15 is 0 Å². The number of aromatic hydroxyl groups is 1. The van der Waals surface area contributed by atoms with Crippen LogP contribution in [0.2, 0.25) is 0 Å². The second kappa shape index (κ2) is 11.0. The molecule has 4 rings (SSSR count). The fourth-order valence-electron chi connectivity index (χ4n) is 3.36. The Morgan fingerprint density at radius 3 is 2.03 bits per heavy atom. The van der Waals surface area contributed by atoms with E-state index in [2.05, 4.69) is 15.5 Å². The van der Waals surface area contributed by atoms with Crippen LogP contribution >= 0.6 is 0 Å². The number of hydrogen-bond acceptors (Lipinski definition) is 10. The average molecular weight is 568 g/mol. The van der Waals surface area contributed by atoms with Crippen molar-refractivity contribution >= 4 is 48.5 Å². The molecule has 0 aliphatic heterocycles. The smallest absolute Gasteiger partial charge is 0.294 e. The molecular weight excluding hydrogens is 546 g/mol. The summed E-state index contributed by atoms with van der Waals surface area (Å²) < 4.78 is 52.0. The van der Waals surface area contributed by atoms with Crippen LogP contribution < -0.4 is 9.44 Å². The molecule has 0 unspecified atom stereocenters. The number of nitrogens with zero attached hydrogens (tertiary/aromatic N) is 3. The molecule has 0 heterocycles. The first-order valence-corrected chi connectivity index (χ1v) is 14.1. The SMILES string of the molecule is Cc1cc(N=Nc2ccc(Nc3ccc(S(=O)(=O)NS(=O)(=O)c4ccccc4)cc3[N+](=O)[O-])cc2)ccc1O. The van der Waals surface area contributed by atoms with Crippen molar-refractivity contribution in [1.29, 1.82) is 0 Å². The number of benzene rings is 4. The van der Waals surface area contributed by atoms with Gasteiger partial charge in [-0.3, -0.25) is 10.1 Å². The number of hydrogen-bond donors (Lipinski definition) is 3. The van der Waals surface area contributed by atoms with Crippen LogP contribution in [0.25, 0.3) is 0 Å². The Morgan fingerprint density at radius 2 is 1.38 bits per heavy atom. The minimum atomic E-state index is -4.66. The molecule has 0 radical (unpaired) electrons. The number of phenolic OH excluding ortho intramolecular Hbond substituents is 1. The van der Waals surface area contributed by atoms with Gasteiger partial charge in [-0.1, -0.05) is 18.2 Å². The molecule has 200 valence electrons. The predicted molar refractivity (Wildman–Crippen MR) is 144 cm³/mol. The zero-order chi connectivity index (χ0) is 28.2. The predicted octanol–water partition coefficient (Wildman–Crippen LogP) is 5.44. The third kappa shape index (κ3) is 6.62. The van der Waals surface area contributed by atoms with E-state index in [0.717, 1.165) is 12.1 Å². The van der Waals surface area contributed by atoms with Gasteiger partial charge in [0.2, 0.25) is 0 Å². The summed E-state index contributed by atoms with van der Waals surface area (Å²) in [5.41, 5.74) is 1.54. The summed E-state index contributed by atoms with van der Waals surface area (Å²) >= 11 is 0. The van der Waals surface area contributed by atoms with E-state index in [1.54, 1.807) is 53.5 Å². The van der Waals surface area contributed by atoms with E-state index in [-0.39, 0.29) is 16.3 Å². The summed E-state index contributed by atoms with van der Waals surface area (Å²) in [6, 6.07) is 21.1. The molecule has 0 aromatic heterocycles. The molecular formula is C25H21N5O7S2. The van der Waals surface area contributed by atoms with Crippen LogP contribution in [0.4, 0.5) is 28.4 Å². The van der Waals surface area contributed by atoms with E-state index in [0.29, 0.717) is 22.6 Å². The van der Waals surface area contributed by atoms with Gasteiger partial charge in [-0.05, 0) is 79.2 Å². The van der Waals surface area contributed by atoms with Crippen LogP contribution in [-0.4, -0.2) is 26.9 Å². The number of sulfonamides is 2. The summed E-state index contributed by atoms with van der Waals surface area (Å²) in [5.74, 6) is 0.151. The molecule has 0 aliphatic rings. The van der Waals surface area contributed by atoms with E-state index in [1.165, 1.54) is 36.4 Å². The van der Waals surface area contributed by atoms with Crippen LogP contribution in [-0.2, 0) is 20.0 Å². The largest absolute Gasteiger partial charge is 0.508 e. The van der Waals surface area contributed by atoms with Gasteiger partial charge in [-0.2, -0.15) is 10.2 Å². The highest BCUT2D eigenvalue weighted by molar-refractivity contribution is 8.04. The summed E-state index contributed by atoms with van der Waals surface area (Å²) in [5, 5.41) is 32.4. The average Bonchev–Trinajstić information content (AvgIpc) is 2.90. The topological polar surface area (TPSA) is 180 Å². The molecule has 0 bridgehead atoms. The van der Waals surface area contributed by atoms with Crippen molar-refractivity contribution in [3.8, 4) is 5.75 Å². The maximum atomic E-state index is 12.7. The minimum Gasteiger partial charge on any atom is -0.508 e. The quantitative estimate of drug-likeness (QED) is 0.136. The Morgan fingerprint density at radius 1 is 0.769 bits per heavy atom. The zero-order valence-corrected chi connectivity index (χ0v) is 21.8. The molecule has 39 heavy (non-hydrogen) atoms. The third-order valence-corrected chi connectivity index (χ3v) is 8.88. The van der Waals surface area contributed by atoms with E-state index in [9.17, 15) is 32.1 Å². The number of azo groups is 1. The lowest BCUT2D eigenvalue weighted by atomic mass is 10.2. The van der Waals surface area contributed by atoms with E-state index in [1.807, 2.05) is 0 Å². The molecule has 0 spiro atoms. The molecule has 0 fully saturated rings. The van der Waals surface area contributed by atoms with Gasteiger partial charge in [0.1, 0.15) is 11.4 Å². The molecule has 0 aliphatic carbocycles. The minimum absolute atomic E-state index is 0.0150. The van der Waals surface area contributed by atoms with Crippen molar-refractivity contribution in [2.75, 3.05) is 5.32 Å². The zero-order valence-electron chi connectivity index (χ0n) is 20.2. The molecule has 4 aromatic rings. The number of phenols is 1. The van der Waals surface area contributed by atoms with Gasteiger partial charge in [0.25, 0.3) is 25.7 Å². The summed E-state index contributed by atoms with van der Waals surface area (Å²) in [6.07, 6.45) is 0. The highest BCUT2D eigenvalue weighted by Gasteiger charge is 2.27. The summed E-state index contributed by atoms with van der Waals surface area (Å²) in [7, 11) is -9.10. The maximum absolute atomic E-state index is 12.7. The van der Waals surface area contributed by atoms with Gasteiger partial charge in [0.05, 0.1) is 26.1 Å². The van der Waals surface area contributed by atoms with Crippen LogP contribution in [0, 0.1) is 17.0 Å². The van der Waals surface area contributed by atoms with Crippen LogP contribution in [0.5, 0.6) is 5.75 Å². The molecule has 3 N–H and O–H groups in total. The Hall–Kier alpha value is -4.66. The molecule has 0 saturated carbocycles. The lowest BCUT2D eigenvalue weighted by Gasteiger charge is -2.11. The van der Waals surface area contributed by atoms with Crippen molar-refractivity contribution in [2.45, 2.75) is 16.7 Å². The van der Waals surface area contributed by atoms with Crippen LogP contribution in [0.1, 0.15) is 5.56 Å². The number of anilines is 2. The van der Waals surface area contributed by atoms with Crippen molar-refractivity contribution in [1.82, 2.24) is 4.13 Å². The van der Waals surface area contributed by atoms with Gasteiger partial charge in [0, 0.05) is 11.8 Å². The van der Waals surface area contributed by atoms with Crippen LogP contribution in [0.3, 0.4) is 0 Å². The summed E-state index contributed by atoms with van der Waals surface area (Å²) in [6.45, 7) is 1.74. The normalized spacial score (nSPS) is 11.9. The lowest BCUT2D eigenvalue weighted by molar-refractivity contribution is -0.384. The Labute approximate surface area is 223 Å². The van der Waals surface area contributed by atoms with Gasteiger partial charge in [-0.25, -0.2) is 16.8 Å². The van der Waals surface area contributed by atoms with E-state index in [4.69, 9.17) is 0 Å². The first kappa shape index (κ1) is 27.4. The number of rotatable bonds is 9. The molecule has 0 saturated heterocycles. The van der Waals surface area contributed by atoms with Crippen molar-refractivity contribution < 1.29 is 26.9 Å². The van der Waals surface area contributed by atoms with Crippen molar-refractivity contribution in [3.05, 3.63) is 107 Å². The van der Waals surface area contributed by atoms with Gasteiger partial charge in [0.15, 0.2) is 0 Å². The number of nitrogens with one attached hydrogen (secondary N) is 2. The Balaban J connectivity index is 1.53. The van der Waals surface area contributed by atoms with Gasteiger partial charge in [-0.15, -0.1) is 4.13 Å². The van der Waals surface area contributed by atoms with Crippen molar-refractivity contribution in [3.63, 3.8) is 0 Å². The summed E-state index contributed by atoms with van der Waals surface area (Å²) in [4.78, 5) is 10.1. The Bertz CT molecular complexity index is 1780.